The van der Waals surface area contributed by atoms with Crippen LogP contribution in [0.25, 0.3) is 0 Å². The summed E-state index contributed by atoms with van der Waals surface area (Å²) in [4.78, 5) is 31.0. The molecular weight excluding hydrogens is 443 g/mol. The lowest BCUT2D eigenvalue weighted by Crippen LogP contribution is -2.39. The number of rotatable bonds is 3. The first-order valence-corrected chi connectivity index (χ1v) is 10.1. The number of halogens is 3. The summed E-state index contributed by atoms with van der Waals surface area (Å²) < 4.78 is 40.1. The van der Waals surface area contributed by atoms with Gasteiger partial charge in [-0.25, -0.2) is 4.98 Å². The molecule has 0 spiro atoms. The number of nitrogens with one attached hydrogen (secondary N) is 1. The van der Waals surface area contributed by atoms with Gasteiger partial charge in [-0.3, -0.25) is 14.5 Å². The van der Waals surface area contributed by atoms with E-state index in [9.17, 15) is 22.8 Å². The number of aryl methyl sites for hydroxylation is 1. The Kier molecular flexibility index (Phi) is 5.34. The fourth-order valence-corrected chi connectivity index (χ4v) is 4.30. The monoisotopic (exact) mass is 459 g/mol. The van der Waals surface area contributed by atoms with Crippen LogP contribution < -0.4 is 15.1 Å². The van der Waals surface area contributed by atoms with Gasteiger partial charge in [-0.2, -0.15) is 18.4 Å². The third-order valence-electron chi connectivity index (χ3n) is 5.39. The molecule has 1 fully saturated rings. The van der Waals surface area contributed by atoms with E-state index in [2.05, 4.69) is 10.3 Å². The van der Waals surface area contributed by atoms with Crippen LogP contribution in [0.15, 0.2) is 30.5 Å². The van der Waals surface area contributed by atoms with Crippen molar-refractivity contribution >= 4 is 46.2 Å². The van der Waals surface area contributed by atoms with Crippen LogP contribution in [0.1, 0.15) is 36.6 Å². The van der Waals surface area contributed by atoms with Gasteiger partial charge in [0.1, 0.15) is 12.1 Å². The zero-order chi connectivity index (χ0) is 23.2. The largest absolute Gasteiger partial charge is 0.419 e. The highest BCUT2D eigenvalue weighted by Crippen LogP contribution is 2.40. The number of nitrogens with zero attached hydrogens (tertiary/aromatic N) is 4. The van der Waals surface area contributed by atoms with Gasteiger partial charge in [-0.1, -0.05) is 6.92 Å². The summed E-state index contributed by atoms with van der Waals surface area (Å²) in [6.45, 7) is 1.74. The van der Waals surface area contributed by atoms with E-state index in [1.54, 1.807) is 30.0 Å². The summed E-state index contributed by atoms with van der Waals surface area (Å²) in [5, 5.41) is 11.8. The maximum atomic E-state index is 13.4. The van der Waals surface area contributed by atoms with Gasteiger partial charge in [-0.15, -0.1) is 0 Å². The molecule has 32 heavy (non-hydrogen) atoms. The van der Waals surface area contributed by atoms with Crippen molar-refractivity contribution in [2.45, 2.75) is 38.4 Å². The Balaban J connectivity index is 1.71. The van der Waals surface area contributed by atoms with Crippen molar-refractivity contribution < 1.29 is 22.8 Å². The molecule has 1 unspecified atom stereocenters. The lowest BCUT2D eigenvalue weighted by atomic mass is 9.96. The number of anilines is 3. The predicted molar refractivity (Wildman–Crippen MR) is 114 cm³/mol. The molecule has 3 heterocycles. The Hall–Kier alpha value is -3.52. The number of carbonyl (C=O) groups is 2. The fraction of sp³-hybridized carbons (Fsp3) is 0.286. The van der Waals surface area contributed by atoms with Gasteiger partial charge in [0.15, 0.2) is 10.8 Å². The van der Waals surface area contributed by atoms with Crippen molar-refractivity contribution in [1.29, 1.82) is 5.26 Å². The van der Waals surface area contributed by atoms with Crippen LogP contribution in [0.5, 0.6) is 0 Å². The molecule has 1 saturated heterocycles. The zero-order valence-electron chi connectivity index (χ0n) is 16.7. The van der Waals surface area contributed by atoms with Crippen LogP contribution >= 0.6 is 12.2 Å². The van der Waals surface area contributed by atoms with Crippen LogP contribution in [0.3, 0.4) is 0 Å². The number of fused-ring (bicyclic) bond motifs is 3. The highest BCUT2D eigenvalue weighted by atomic mass is 32.1. The number of thiocarbonyl (C=S) groups is 1. The normalized spacial score (nSPS) is 17.7. The average Bonchev–Trinajstić information content (AvgIpc) is 3.02. The van der Waals surface area contributed by atoms with E-state index < -0.39 is 29.4 Å². The summed E-state index contributed by atoms with van der Waals surface area (Å²) in [6, 6.07) is 6.71. The SMILES string of the molecule is CCC(=O)Nc1ccc2c(c1)CCC1C(=O)N(c3cnc(C#N)c(C(F)(F)F)c3)C(=S)N21. The molecule has 0 radical (unpaired) electrons. The number of carbonyl (C=O) groups excluding carboxylic acids is 2. The molecule has 1 aromatic carbocycles. The zero-order valence-corrected chi connectivity index (χ0v) is 17.5. The van der Waals surface area contributed by atoms with Crippen molar-refractivity contribution in [2.75, 3.05) is 15.1 Å². The Morgan fingerprint density at radius 2 is 2.12 bits per heavy atom. The van der Waals surface area contributed by atoms with Crippen molar-refractivity contribution in [3.05, 3.63) is 47.3 Å². The minimum absolute atomic E-state index is 0.0333. The number of amides is 2. The standard InChI is InChI=1S/C21H16F3N5O2S/c1-2-18(30)27-12-4-6-16-11(7-12)3-5-17-19(31)28(20(32)29(16)17)13-8-14(21(22,23)24)15(9-25)26-10-13/h4,6-8,10,17H,2-3,5H2,1H3,(H,27,30). The molecule has 0 bridgehead atoms. The van der Waals surface area contributed by atoms with E-state index in [1.807, 2.05) is 0 Å². The first kappa shape index (κ1) is 21.7. The Morgan fingerprint density at radius 1 is 1.38 bits per heavy atom. The molecule has 0 aliphatic carbocycles. The van der Waals surface area contributed by atoms with Gasteiger partial charge in [0, 0.05) is 17.8 Å². The van der Waals surface area contributed by atoms with E-state index in [1.165, 1.54) is 6.07 Å². The number of alkyl halides is 3. The Morgan fingerprint density at radius 3 is 2.78 bits per heavy atom. The maximum absolute atomic E-state index is 13.4. The molecule has 164 valence electrons. The van der Waals surface area contributed by atoms with Gasteiger partial charge >= 0.3 is 6.18 Å². The van der Waals surface area contributed by atoms with Crippen LogP contribution in [0, 0.1) is 11.3 Å². The summed E-state index contributed by atoms with van der Waals surface area (Å²) >= 11 is 5.48. The molecule has 11 heteroatoms. The molecule has 1 aromatic heterocycles. The third kappa shape index (κ3) is 3.56. The number of nitriles is 1. The molecule has 2 aliphatic heterocycles. The topological polar surface area (TPSA) is 89.3 Å². The number of hydrogen-bond acceptors (Lipinski definition) is 5. The molecular formula is C21H16F3N5O2S. The number of pyridine rings is 1. The van der Waals surface area contributed by atoms with Crippen molar-refractivity contribution in [3.63, 3.8) is 0 Å². The quantitative estimate of drug-likeness (QED) is 0.703. The molecule has 2 aromatic rings. The smallest absolute Gasteiger partial charge is 0.326 e. The van der Waals surface area contributed by atoms with Crippen LogP contribution in [-0.2, 0) is 22.2 Å². The Bertz CT molecular complexity index is 1190. The van der Waals surface area contributed by atoms with Gasteiger partial charge in [0.2, 0.25) is 5.91 Å². The lowest BCUT2D eigenvalue weighted by Gasteiger charge is -2.31. The molecule has 2 amide bonds. The van der Waals surface area contributed by atoms with Crippen molar-refractivity contribution in [1.82, 2.24) is 4.98 Å². The molecule has 1 atom stereocenters. The Labute approximate surface area is 186 Å². The second-order valence-corrected chi connectivity index (χ2v) is 7.69. The molecule has 2 aliphatic rings. The molecule has 0 saturated carbocycles. The summed E-state index contributed by atoms with van der Waals surface area (Å²) in [5.41, 5.74) is -0.00360. The second-order valence-electron chi connectivity index (χ2n) is 7.33. The van der Waals surface area contributed by atoms with Crippen LogP contribution in [0.4, 0.5) is 30.2 Å². The van der Waals surface area contributed by atoms with Crippen molar-refractivity contribution in [3.8, 4) is 6.07 Å². The second kappa shape index (κ2) is 7.87. The fourth-order valence-electron chi connectivity index (χ4n) is 3.88. The summed E-state index contributed by atoms with van der Waals surface area (Å²) in [6.07, 6.45) is -2.49. The number of aromatic nitrogens is 1. The minimum atomic E-state index is -4.81. The molecule has 7 nitrogen and oxygen atoms in total. The van der Waals surface area contributed by atoms with E-state index >= 15 is 0 Å². The highest BCUT2D eigenvalue weighted by molar-refractivity contribution is 7.81. The highest BCUT2D eigenvalue weighted by Gasteiger charge is 2.47. The van der Waals surface area contributed by atoms with Crippen LogP contribution in [0.2, 0.25) is 0 Å². The van der Waals surface area contributed by atoms with E-state index in [-0.39, 0.29) is 16.7 Å². The lowest BCUT2D eigenvalue weighted by molar-refractivity contribution is -0.138. The van der Waals surface area contributed by atoms with E-state index in [0.29, 0.717) is 30.6 Å². The first-order valence-electron chi connectivity index (χ1n) is 9.73. The molecule has 4 rings (SSSR count). The van der Waals surface area contributed by atoms with E-state index in [0.717, 1.165) is 22.7 Å². The summed E-state index contributed by atoms with van der Waals surface area (Å²) in [7, 11) is 0. The predicted octanol–water partition coefficient (Wildman–Crippen LogP) is 3.77. The van der Waals surface area contributed by atoms with Gasteiger partial charge in [-0.05, 0) is 54.9 Å². The third-order valence-corrected chi connectivity index (χ3v) is 5.77. The average molecular weight is 459 g/mol. The van der Waals surface area contributed by atoms with E-state index in [4.69, 9.17) is 17.5 Å². The van der Waals surface area contributed by atoms with Crippen LogP contribution in [-0.4, -0.2) is 28.0 Å². The minimum Gasteiger partial charge on any atom is -0.326 e. The number of hydrogen-bond donors (Lipinski definition) is 1. The first-order chi connectivity index (χ1) is 15.2. The van der Waals surface area contributed by atoms with Gasteiger partial charge in [0.25, 0.3) is 5.91 Å². The summed E-state index contributed by atoms with van der Waals surface area (Å²) in [5.74, 6) is -0.589. The maximum Gasteiger partial charge on any atom is 0.419 e. The van der Waals surface area contributed by atoms with Gasteiger partial charge < -0.3 is 10.2 Å². The molecule has 1 N–H and O–H groups in total. The van der Waals surface area contributed by atoms with Gasteiger partial charge in [0.05, 0.1) is 17.4 Å². The number of benzene rings is 1. The van der Waals surface area contributed by atoms with Crippen molar-refractivity contribution in [2.24, 2.45) is 0 Å².